The van der Waals surface area contributed by atoms with Crippen LogP contribution >= 0.6 is 0 Å². The molecular weight excluding hydrogens is 440 g/mol. The van der Waals surface area contributed by atoms with Crippen LogP contribution in [-0.2, 0) is 26.8 Å². The number of Topliss-reactive ketones (excluding diaryl/α,β-unsaturated/α-hetero) is 2. The van der Waals surface area contributed by atoms with Crippen molar-refractivity contribution in [2.24, 2.45) is 0 Å². The van der Waals surface area contributed by atoms with Crippen LogP contribution in [0.25, 0.3) is 6.08 Å². The van der Waals surface area contributed by atoms with Gasteiger partial charge >= 0.3 is 0 Å². The molecule has 2 saturated carbocycles. The van der Waals surface area contributed by atoms with Crippen molar-refractivity contribution in [1.29, 1.82) is 0 Å². The first kappa shape index (κ1) is 27.3. The molecule has 0 aromatic heterocycles. The molecule has 0 N–H and O–H groups in total. The fraction of sp³-hybridized carbons (Fsp3) is 0.353. The second-order valence-electron chi connectivity index (χ2n) is 10.1. The summed E-state index contributed by atoms with van der Waals surface area (Å²) in [7, 11) is 0. The van der Waals surface area contributed by atoms with Crippen LogP contribution in [0.15, 0.2) is 92.6 Å². The third-order valence-corrected chi connectivity index (χ3v) is 7.73. The monoisotopic (exact) mass is 480 g/mol. The molecule has 188 valence electrons. The molecular formula is C34H40O2. The molecule has 2 aromatic carbocycles. The fourth-order valence-corrected chi connectivity index (χ4v) is 5.90. The number of ketones is 2. The van der Waals surface area contributed by atoms with Gasteiger partial charge in [0.2, 0.25) is 0 Å². The second-order valence-corrected chi connectivity index (χ2v) is 10.1. The summed E-state index contributed by atoms with van der Waals surface area (Å²) in [4.78, 5) is 23.6. The van der Waals surface area contributed by atoms with E-state index in [9.17, 15) is 9.59 Å². The Morgan fingerprint density at radius 1 is 0.778 bits per heavy atom. The molecule has 0 radical (unpaired) electrons. The van der Waals surface area contributed by atoms with E-state index in [0.29, 0.717) is 24.4 Å². The number of benzene rings is 2. The maximum Gasteiger partial charge on any atom is 0.134 e. The zero-order valence-electron chi connectivity index (χ0n) is 21.8. The summed E-state index contributed by atoms with van der Waals surface area (Å²) in [5.41, 5.74) is 4.65. The van der Waals surface area contributed by atoms with Crippen LogP contribution in [0.4, 0.5) is 0 Å². The zero-order valence-corrected chi connectivity index (χ0v) is 21.8. The summed E-state index contributed by atoms with van der Waals surface area (Å²) in [6.07, 6.45) is 17.5. The average molecular weight is 481 g/mol. The molecule has 2 atom stereocenters. The summed E-state index contributed by atoms with van der Waals surface area (Å²) in [5.74, 6) is 0.714. The predicted molar refractivity (Wildman–Crippen MR) is 152 cm³/mol. The van der Waals surface area contributed by atoms with Crippen LogP contribution in [0.1, 0.15) is 80.5 Å². The molecule has 0 bridgehead atoms. The van der Waals surface area contributed by atoms with E-state index in [-0.39, 0.29) is 10.8 Å². The minimum Gasteiger partial charge on any atom is -0.300 e. The van der Waals surface area contributed by atoms with Gasteiger partial charge in [0.05, 0.1) is 0 Å². The van der Waals surface area contributed by atoms with Gasteiger partial charge in [0, 0.05) is 36.5 Å². The van der Waals surface area contributed by atoms with E-state index in [1.165, 1.54) is 22.3 Å². The van der Waals surface area contributed by atoms with Crippen LogP contribution in [0.3, 0.4) is 0 Å². The first-order valence-electron chi connectivity index (χ1n) is 13.2. The highest BCUT2D eigenvalue weighted by atomic mass is 16.1. The molecule has 0 aliphatic heterocycles. The number of carbonyl (C=O) groups excluding carboxylic acids is 2. The molecule has 2 heteroatoms. The molecule has 0 amide bonds. The lowest BCUT2D eigenvalue weighted by Crippen LogP contribution is -2.32. The fourth-order valence-electron chi connectivity index (χ4n) is 5.90. The van der Waals surface area contributed by atoms with Crippen molar-refractivity contribution in [3.63, 3.8) is 0 Å². The predicted octanol–water partition coefficient (Wildman–Crippen LogP) is 8.27. The largest absolute Gasteiger partial charge is 0.300 e. The zero-order chi connectivity index (χ0) is 26.0. The standard InChI is InChI=1S/2C17H20O/c2*1-3-8-14-9-5-6-11-16(14)17(4-2)12-7-10-15(18)13-17/h3-6,8-9,11H,2,7,10,12-13H2,1H3;3-6,9,11H,1-2,7-8,10,12-13H2/b8-3+;. The molecule has 2 aliphatic rings. The van der Waals surface area contributed by atoms with E-state index in [1.807, 2.05) is 55.5 Å². The lowest BCUT2D eigenvalue weighted by Gasteiger charge is -2.35. The topological polar surface area (TPSA) is 34.1 Å². The number of carbonyl (C=O) groups is 2. The molecule has 0 spiro atoms. The van der Waals surface area contributed by atoms with Crippen molar-refractivity contribution in [2.45, 2.75) is 75.5 Å². The van der Waals surface area contributed by atoms with Gasteiger partial charge in [-0.3, -0.25) is 9.59 Å². The Hall–Kier alpha value is -3.26. The van der Waals surface area contributed by atoms with Gasteiger partial charge in [0.25, 0.3) is 0 Å². The van der Waals surface area contributed by atoms with E-state index in [0.717, 1.165) is 44.9 Å². The van der Waals surface area contributed by atoms with E-state index in [4.69, 9.17) is 0 Å². The third-order valence-electron chi connectivity index (χ3n) is 7.73. The molecule has 2 aromatic rings. The highest BCUT2D eigenvalue weighted by Crippen LogP contribution is 2.42. The van der Waals surface area contributed by atoms with Gasteiger partial charge in [0.15, 0.2) is 0 Å². The van der Waals surface area contributed by atoms with Crippen LogP contribution in [0, 0.1) is 0 Å². The maximum absolute atomic E-state index is 11.8. The summed E-state index contributed by atoms with van der Waals surface area (Å²) in [5, 5.41) is 0. The van der Waals surface area contributed by atoms with E-state index in [1.54, 1.807) is 0 Å². The van der Waals surface area contributed by atoms with Gasteiger partial charge in [-0.1, -0.05) is 78.9 Å². The number of allylic oxidation sites excluding steroid dienone is 4. The summed E-state index contributed by atoms with van der Waals surface area (Å²) in [6.45, 7) is 13.8. The van der Waals surface area contributed by atoms with Crippen molar-refractivity contribution < 1.29 is 9.59 Å². The highest BCUT2D eigenvalue weighted by molar-refractivity contribution is 5.82. The highest BCUT2D eigenvalue weighted by Gasteiger charge is 2.36. The summed E-state index contributed by atoms with van der Waals surface area (Å²) >= 11 is 0. The second kappa shape index (κ2) is 12.6. The van der Waals surface area contributed by atoms with Crippen molar-refractivity contribution in [3.8, 4) is 0 Å². The number of rotatable bonds is 7. The Kier molecular flexibility index (Phi) is 9.58. The minimum absolute atomic E-state index is 0.158. The molecule has 0 saturated heterocycles. The van der Waals surface area contributed by atoms with Crippen molar-refractivity contribution in [3.05, 3.63) is 115 Å². The van der Waals surface area contributed by atoms with Crippen LogP contribution < -0.4 is 0 Å². The Balaban J connectivity index is 0.000000201. The first-order valence-corrected chi connectivity index (χ1v) is 13.2. The summed E-state index contributed by atoms with van der Waals surface area (Å²) in [6, 6.07) is 16.7. The van der Waals surface area contributed by atoms with Gasteiger partial charge in [-0.15, -0.1) is 19.7 Å². The summed E-state index contributed by atoms with van der Waals surface area (Å²) < 4.78 is 0. The van der Waals surface area contributed by atoms with Crippen molar-refractivity contribution in [2.75, 3.05) is 0 Å². The normalized spacial score (nSPS) is 24.0. The van der Waals surface area contributed by atoms with Crippen LogP contribution in [0.2, 0.25) is 0 Å². The van der Waals surface area contributed by atoms with Gasteiger partial charge < -0.3 is 0 Å². The Labute approximate surface area is 217 Å². The van der Waals surface area contributed by atoms with E-state index < -0.39 is 0 Å². The van der Waals surface area contributed by atoms with Crippen LogP contribution in [-0.4, -0.2) is 11.6 Å². The smallest absolute Gasteiger partial charge is 0.134 e. The lowest BCUT2D eigenvalue weighted by atomic mass is 9.67. The number of hydrogen-bond acceptors (Lipinski definition) is 2. The van der Waals surface area contributed by atoms with Gasteiger partial charge in [0.1, 0.15) is 11.6 Å². The van der Waals surface area contributed by atoms with Gasteiger partial charge in [-0.25, -0.2) is 0 Å². The Bertz CT molecular complexity index is 1140. The molecule has 2 fully saturated rings. The Morgan fingerprint density at radius 3 is 1.83 bits per heavy atom. The maximum atomic E-state index is 11.8. The first-order chi connectivity index (χ1) is 17.4. The van der Waals surface area contributed by atoms with E-state index >= 15 is 0 Å². The van der Waals surface area contributed by atoms with Gasteiger partial charge in [-0.2, -0.15) is 0 Å². The van der Waals surface area contributed by atoms with Crippen LogP contribution in [0.5, 0.6) is 0 Å². The molecule has 2 aliphatic carbocycles. The van der Waals surface area contributed by atoms with E-state index in [2.05, 4.69) is 50.1 Å². The molecule has 4 rings (SSSR count). The third kappa shape index (κ3) is 6.10. The molecule has 2 nitrogen and oxygen atoms in total. The Morgan fingerprint density at radius 2 is 1.31 bits per heavy atom. The average Bonchev–Trinajstić information content (AvgIpc) is 2.90. The lowest BCUT2D eigenvalue weighted by molar-refractivity contribution is -0.122. The SMILES string of the molecule is C=CC1(c2ccccc2/C=C/C)CCCC(=O)C1.C=CCc1ccccc1C1(C=C)CCCC(=O)C1. The molecule has 2 unspecified atom stereocenters. The molecule has 0 heterocycles. The molecule has 36 heavy (non-hydrogen) atoms. The quantitative estimate of drug-likeness (QED) is 0.374. The number of hydrogen-bond donors (Lipinski definition) is 0. The van der Waals surface area contributed by atoms with Crippen molar-refractivity contribution >= 4 is 17.6 Å². The van der Waals surface area contributed by atoms with Crippen molar-refractivity contribution in [1.82, 2.24) is 0 Å². The minimum atomic E-state index is -0.161. The van der Waals surface area contributed by atoms with Gasteiger partial charge in [-0.05, 0) is 61.3 Å².